The van der Waals surface area contributed by atoms with Crippen LogP contribution >= 0.6 is 11.8 Å². The van der Waals surface area contributed by atoms with Gasteiger partial charge in [-0.1, -0.05) is 18.6 Å². The molecule has 0 spiro atoms. The fourth-order valence-electron chi connectivity index (χ4n) is 2.59. The highest BCUT2D eigenvalue weighted by atomic mass is 32.2. The van der Waals surface area contributed by atoms with E-state index in [-0.39, 0.29) is 0 Å². The molecule has 0 aliphatic heterocycles. The number of rotatable bonds is 5. The van der Waals surface area contributed by atoms with Crippen molar-refractivity contribution in [2.45, 2.75) is 24.0 Å². The molecule has 0 unspecified atom stereocenters. The zero-order chi connectivity index (χ0) is 14.0. The van der Waals surface area contributed by atoms with Crippen LogP contribution in [0.1, 0.15) is 19.3 Å². The molecule has 0 saturated heterocycles. The normalized spacial score (nSPS) is 16.7. The Hall–Kier alpha value is -1.49. The van der Waals surface area contributed by atoms with Gasteiger partial charge in [0.05, 0.1) is 5.52 Å². The van der Waals surface area contributed by atoms with Crippen LogP contribution in [0.25, 0.3) is 10.9 Å². The predicted octanol–water partition coefficient (Wildman–Crippen LogP) is 3.37. The highest BCUT2D eigenvalue weighted by Crippen LogP contribution is 2.42. The summed E-state index contributed by atoms with van der Waals surface area (Å²) >= 11 is 1.97. The van der Waals surface area contributed by atoms with Crippen molar-refractivity contribution in [3.05, 3.63) is 24.3 Å². The number of nitrogens with zero attached hydrogens (tertiary/aromatic N) is 2. The number of nitrogens with one attached hydrogen (secondary N) is 2. The average molecular weight is 288 g/mol. The largest absolute Gasteiger partial charge is 0.368 e. The Bertz CT molecular complexity index is 604. The first kappa shape index (κ1) is 13.5. The summed E-state index contributed by atoms with van der Waals surface area (Å²) in [4.78, 5) is 9.06. The number of fused-ring (bicyclic) bond motifs is 1. The molecule has 1 aliphatic rings. The fourth-order valence-corrected chi connectivity index (χ4v) is 3.51. The van der Waals surface area contributed by atoms with Crippen LogP contribution in [-0.2, 0) is 0 Å². The minimum absolute atomic E-state index is 0.395. The molecule has 1 heterocycles. The van der Waals surface area contributed by atoms with Crippen molar-refractivity contribution in [2.24, 2.45) is 0 Å². The second kappa shape index (κ2) is 5.48. The molecule has 1 fully saturated rings. The Morgan fingerprint density at radius 3 is 2.70 bits per heavy atom. The number of hydrogen-bond donors (Lipinski definition) is 2. The Morgan fingerprint density at radius 2 is 2.05 bits per heavy atom. The summed E-state index contributed by atoms with van der Waals surface area (Å²) < 4.78 is 0.395. The molecule has 0 amide bonds. The van der Waals surface area contributed by atoms with Gasteiger partial charge in [-0.2, -0.15) is 16.7 Å². The van der Waals surface area contributed by atoms with Crippen molar-refractivity contribution in [2.75, 3.05) is 30.5 Å². The van der Waals surface area contributed by atoms with E-state index in [9.17, 15) is 0 Å². The lowest BCUT2D eigenvalue weighted by Gasteiger charge is -2.40. The molecule has 1 aromatic heterocycles. The third-order valence-corrected chi connectivity index (χ3v) is 5.52. The monoisotopic (exact) mass is 288 g/mol. The molecule has 0 atom stereocenters. The van der Waals surface area contributed by atoms with E-state index in [4.69, 9.17) is 0 Å². The van der Waals surface area contributed by atoms with Gasteiger partial charge in [-0.25, -0.2) is 4.98 Å². The molecule has 0 bridgehead atoms. The zero-order valence-electron chi connectivity index (χ0n) is 11.9. The van der Waals surface area contributed by atoms with Crippen LogP contribution in [0.5, 0.6) is 0 Å². The average Bonchev–Trinajstić information content (AvgIpc) is 2.46. The molecule has 0 radical (unpaired) electrons. The quantitative estimate of drug-likeness (QED) is 0.883. The number of aromatic nitrogens is 2. The van der Waals surface area contributed by atoms with Crippen LogP contribution in [0.4, 0.5) is 11.8 Å². The van der Waals surface area contributed by atoms with Crippen molar-refractivity contribution in [1.29, 1.82) is 0 Å². The third-order valence-electron chi connectivity index (χ3n) is 4.10. The minimum Gasteiger partial charge on any atom is -0.368 e. The van der Waals surface area contributed by atoms with Gasteiger partial charge in [0.15, 0.2) is 0 Å². The van der Waals surface area contributed by atoms with Crippen molar-refractivity contribution < 1.29 is 0 Å². The Kier molecular flexibility index (Phi) is 3.70. The van der Waals surface area contributed by atoms with E-state index in [2.05, 4.69) is 32.9 Å². The Morgan fingerprint density at radius 1 is 1.25 bits per heavy atom. The summed E-state index contributed by atoms with van der Waals surface area (Å²) in [7, 11) is 1.85. The standard InChI is InChI=1S/C15H20N4S/c1-16-14-18-12-7-4-3-6-11(12)13(19-14)17-10-15(20-2)8-5-9-15/h3-4,6-7H,5,8-10H2,1-2H3,(H2,16,17,18,19). The topological polar surface area (TPSA) is 49.8 Å². The SMILES string of the molecule is CNc1nc(NCC2(SC)CCC2)c2ccccc2n1. The number of hydrogen-bond acceptors (Lipinski definition) is 5. The van der Waals surface area contributed by atoms with Crippen molar-refractivity contribution in [3.8, 4) is 0 Å². The van der Waals surface area contributed by atoms with Gasteiger partial charge in [0.1, 0.15) is 5.82 Å². The molecular formula is C15H20N4S. The zero-order valence-corrected chi connectivity index (χ0v) is 12.8. The van der Waals surface area contributed by atoms with Gasteiger partial charge in [-0.3, -0.25) is 0 Å². The molecule has 5 heteroatoms. The van der Waals surface area contributed by atoms with Gasteiger partial charge >= 0.3 is 0 Å². The van der Waals surface area contributed by atoms with E-state index in [1.807, 2.05) is 37.0 Å². The summed E-state index contributed by atoms with van der Waals surface area (Å²) in [6.45, 7) is 0.971. The van der Waals surface area contributed by atoms with Crippen molar-refractivity contribution in [1.82, 2.24) is 9.97 Å². The smallest absolute Gasteiger partial charge is 0.224 e. The predicted molar refractivity (Wildman–Crippen MR) is 87.7 cm³/mol. The van der Waals surface area contributed by atoms with Crippen LogP contribution in [0.15, 0.2) is 24.3 Å². The maximum Gasteiger partial charge on any atom is 0.224 e. The molecule has 4 nitrogen and oxygen atoms in total. The maximum atomic E-state index is 4.57. The van der Waals surface area contributed by atoms with Gasteiger partial charge in [0, 0.05) is 23.7 Å². The maximum absolute atomic E-state index is 4.57. The highest BCUT2D eigenvalue weighted by Gasteiger charge is 2.36. The van der Waals surface area contributed by atoms with Gasteiger partial charge in [0.2, 0.25) is 5.95 Å². The molecule has 2 N–H and O–H groups in total. The first-order valence-electron chi connectivity index (χ1n) is 7.00. The molecule has 2 aromatic rings. The molecule has 3 rings (SSSR count). The number of benzene rings is 1. The van der Waals surface area contributed by atoms with E-state index in [0.717, 1.165) is 23.3 Å². The van der Waals surface area contributed by atoms with Crippen molar-refractivity contribution in [3.63, 3.8) is 0 Å². The second-order valence-corrected chi connectivity index (χ2v) is 6.53. The van der Waals surface area contributed by atoms with Crippen LogP contribution in [0.2, 0.25) is 0 Å². The van der Waals surface area contributed by atoms with E-state index < -0.39 is 0 Å². The van der Waals surface area contributed by atoms with Crippen LogP contribution in [0.3, 0.4) is 0 Å². The lowest BCUT2D eigenvalue weighted by atomic mass is 9.84. The highest BCUT2D eigenvalue weighted by molar-refractivity contribution is 8.00. The van der Waals surface area contributed by atoms with Gasteiger partial charge in [-0.05, 0) is 31.2 Å². The first-order valence-corrected chi connectivity index (χ1v) is 8.22. The Balaban J connectivity index is 1.89. The first-order chi connectivity index (χ1) is 9.76. The molecule has 1 aliphatic carbocycles. The number of anilines is 2. The number of thioether (sulfide) groups is 1. The lowest BCUT2D eigenvalue weighted by molar-refractivity contribution is 0.380. The summed E-state index contributed by atoms with van der Waals surface area (Å²) in [5, 5.41) is 7.66. The van der Waals surface area contributed by atoms with E-state index in [1.165, 1.54) is 19.3 Å². The summed E-state index contributed by atoms with van der Waals surface area (Å²) in [6, 6.07) is 8.14. The summed E-state index contributed by atoms with van der Waals surface area (Å²) in [5.41, 5.74) is 0.973. The van der Waals surface area contributed by atoms with Crippen LogP contribution < -0.4 is 10.6 Å². The number of para-hydroxylation sites is 1. The van der Waals surface area contributed by atoms with E-state index in [0.29, 0.717) is 10.7 Å². The summed E-state index contributed by atoms with van der Waals surface area (Å²) in [5.74, 6) is 1.60. The van der Waals surface area contributed by atoms with Crippen LogP contribution in [0, 0.1) is 0 Å². The van der Waals surface area contributed by atoms with E-state index >= 15 is 0 Å². The minimum atomic E-state index is 0.395. The molecular weight excluding hydrogens is 268 g/mol. The van der Waals surface area contributed by atoms with Gasteiger partial charge in [-0.15, -0.1) is 0 Å². The van der Waals surface area contributed by atoms with Crippen LogP contribution in [-0.4, -0.2) is 34.6 Å². The third kappa shape index (κ3) is 2.42. The second-order valence-electron chi connectivity index (χ2n) is 5.26. The fraction of sp³-hybridized carbons (Fsp3) is 0.467. The lowest BCUT2D eigenvalue weighted by Crippen LogP contribution is -2.40. The molecule has 106 valence electrons. The Labute approximate surface area is 123 Å². The molecule has 20 heavy (non-hydrogen) atoms. The van der Waals surface area contributed by atoms with Gasteiger partial charge in [0.25, 0.3) is 0 Å². The van der Waals surface area contributed by atoms with E-state index in [1.54, 1.807) is 0 Å². The van der Waals surface area contributed by atoms with Gasteiger partial charge < -0.3 is 10.6 Å². The molecule has 1 saturated carbocycles. The van der Waals surface area contributed by atoms with Crippen molar-refractivity contribution >= 4 is 34.4 Å². The molecule has 1 aromatic carbocycles. The summed E-state index contributed by atoms with van der Waals surface area (Å²) in [6.07, 6.45) is 6.14.